The molecule has 2 aliphatic heterocycles. The van der Waals surface area contributed by atoms with E-state index >= 15 is 0 Å². The van der Waals surface area contributed by atoms with E-state index in [1.54, 1.807) is 0 Å². The average Bonchev–Trinajstić information content (AvgIpc) is 2.84. The molecule has 2 atom stereocenters. The summed E-state index contributed by atoms with van der Waals surface area (Å²) < 4.78 is 6.10. The van der Waals surface area contributed by atoms with Crippen LogP contribution < -0.4 is 10.6 Å². The van der Waals surface area contributed by atoms with Gasteiger partial charge in [-0.25, -0.2) is 0 Å². The van der Waals surface area contributed by atoms with Crippen molar-refractivity contribution in [2.75, 3.05) is 39.8 Å². The summed E-state index contributed by atoms with van der Waals surface area (Å²) in [6, 6.07) is 0. The van der Waals surface area contributed by atoms with Crippen molar-refractivity contribution >= 4 is 0 Å². The number of ether oxygens (including phenoxy) is 1. The summed E-state index contributed by atoms with van der Waals surface area (Å²) in [5, 5.41) is 7.60. The minimum Gasteiger partial charge on any atom is -0.378 e. The molecule has 2 saturated heterocycles. The Morgan fingerprint density at radius 3 is 2.39 bits per heavy atom. The molecule has 0 aromatic carbocycles. The number of methoxy groups -OCH3 is 1. The lowest BCUT2D eigenvalue weighted by Crippen LogP contribution is -2.72. The smallest absolute Gasteiger partial charge is 0.101 e. The Kier molecular flexibility index (Phi) is 6.75. The van der Waals surface area contributed by atoms with Crippen LogP contribution in [0.5, 0.6) is 0 Å². The number of piperidine rings is 1. The normalized spacial score (nSPS) is 36.1. The lowest BCUT2D eigenvalue weighted by Gasteiger charge is -2.55. The molecule has 3 aliphatic rings. The molecule has 0 radical (unpaired) electrons. The van der Waals surface area contributed by atoms with Crippen molar-refractivity contribution in [3.05, 3.63) is 0 Å². The summed E-state index contributed by atoms with van der Waals surface area (Å²) in [5.41, 5.74) is 0.0797. The Morgan fingerprint density at radius 2 is 1.61 bits per heavy atom. The molecule has 4 nitrogen and oxygen atoms in total. The van der Waals surface area contributed by atoms with Gasteiger partial charge in [-0.15, -0.1) is 0 Å². The van der Waals surface area contributed by atoms with Gasteiger partial charge in [0, 0.05) is 26.7 Å². The van der Waals surface area contributed by atoms with Crippen molar-refractivity contribution < 1.29 is 4.74 Å². The molecular formula is C19H37N3O. The first-order valence-corrected chi connectivity index (χ1v) is 10.1. The van der Waals surface area contributed by atoms with Gasteiger partial charge in [-0.1, -0.05) is 32.1 Å². The highest BCUT2D eigenvalue weighted by Crippen LogP contribution is 2.40. The highest BCUT2D eigenvalue weighted by molar-refractivity contribution is 5.03. The Labute approximate surface area is 142 Å². The molecule has 1 aliphatic carbocycles. The van der Waals surface area contributed by atoms with Crippen LogP contribution >= 0.6 is 0 Å². The Bertz CT molecular complexity index is 336. The molecular weight excluding hydrogens is 286 g/mol. The predicted octanol–water partition coefficient (Wildman–Crippen LogP) is 2.74. The second-order valence-corrected chi connectivity index (χ2v) is 7.75. The van der Waals surface area contributed by atoms with Gasteiger partial charge in [0.25, 0.3) is 0 Å². The Morgan fingerprint density at radius 1 is 0.826 bits per heavy atom. The van der Waals surface area contributed by atoms with Crippen LogP contribution in [0.3, 0.4) is 0 Å². The van der Waals surface area contributed by atoms with E-state index in [-0.39, 0.29) is 5.66 Å². The maximum Gasteiger partial charge on any atom is 0.101 e. The molecule has 23 heavy (non-hydrogen) atoms. The van der Waals surface area contributed by atoms with E-state index in [9.17, 15) is 0 Å². The van der Waals surface area contributed by atoms with Gasteiger partial charge in [0.05, 0.1) is 6.10 Å². The van der Waals surface area contributed by atoms with Crippen molar-refractivity contribution in [1.82, 2.24) is 15.5 Å². The minimum absolute atomic E-state index is 0.0797. The quantitative estimate of drug-likeness (QED) is 0.837. The number of nitrogens with zero attached hydrogens (tertiary/aromatic N) is 1. The van der Waals surface area contributed by atoms with Crippen molar-refractivity contribution in [2.45, 2.75) is 76.0 Å². The molecule has 4 heteroatoms. The number of hydrogen-bond donors (Lipinski definition) is 2. The maximum absolute atomic E-state index is 6.10. The van der Waals surface area contributed by atoms with E-state index in [2.05, 4.69) is 15.5 Å². The lowest BCUT2D eigenvalue weighted by atomic mass is 9.74. The molecule has 3 rings (SSSR count). The first-order chi connectivity index (χ1) is 11.4. The zero-order valence-corrected chi connectivity index (χ0v) is 15.1. The highest BCUT2D eigenvalue weighted by atomic mass is 16.5. The predicted molar refractivity (Wildman–Crippen MR) is 95.6 cm³/mol. The lowest BCUT2D eigenvalue weighted by molar-refractivity contribution is -0.128. The fourth-order valence-electron chi connectivity index (χ4n) is 5.30. The molecule has 0 aromatic heterocycles. The highest BCUT2D eigenvalue weighted by Gasteiger charge is 2.50. The van der Waals surface area contributed by atoms with Crippen LogP contribution in [0.1, 0.15) is 64.2 Å². The van der Waals surface area contributed by atoms with Crippen molar-refractivity contribution in [2.24, 2.45) is 5.92 Å². The number of hydrogen-bond acceptors (Lipinski definition) is 4. The molecule has 1 saturated carbocycles. The van der Waals surface area contributed by atoms with Crippen LogP contribution in [0.4, 0.5) is 0 Å². The van der Waals surface area contributed by atoms with E-state index in [0.717, 1.165) is 32.1 Å². The van der Waals surface area contributed by atoms with E-state index in [1.165, 1.54) is 70.8 Å². The maximum atomic E-state index is 6.10. The van der Waals surface area contributed by atoms with Gasteiger partial charge >= 0.3 is 0 Å². The Hall–Kier alpha value is -0.160. The number of nitrogens with one attached hydrogen (secondary N) is 2. The second-order valence-electron chi connectivity index (χ2n) is 7.75. The summed E-state index contributed by atoms with van der Waals surface area (Å²) in [7, 11) is 1.94. The molecule has 2 heterocycles. The fourth-order valence-corrected chi connectivity index (χ4v) is 5.30. The van der Waals surface area contributed by atoms with E-state index < -0.39 is 0 Å². The third kappa shape index (κ3) is 3.92. The standard InChI is InChI=1S/C19H37N3O/c1-23-18-11-7-13-21-19(18,22-15-8-12-20-14-16-22)17-9-5-3-2-4-6-10-17/h17-18,20-21H,2-16H2,1H3. The third-order valence-electron chi connectivity index (χ3n) is 6.42. The van der Waals surface area contributed by atoms with Gasteiger partial charge in [-0.05, 0) is 51.1 Å². The molecule has 2 unspecified atom stereocenters. The van der Waals surface area contributed by atoms with E-state index in [1.807, 2.05) is 7.11 Å². The zero-order chi connectivity index (χ0) is 16.0. The SMILES string of the molecule is COC1CCCNC1(C1CCCCCCC1)N1CCCNCC1. The summed E-state index contributed by atoms with van der Waals surface area (Å²) in [4.78, 5) is 2.77. The monoisotopic (exact) mass is 323 g/mol. The molecule has 0 bridgehead atoms. The minimum atomic E-state index is 0.0797. The summed E-state index contributed by atoms with van der Waals surface area (Å²) in [6.45, 7) is 5.79. The van der Waals surface area contributed by atoms with Crippen LogP contribution in [0, 0.1) is 5.92 Å². The Balaban J connectivity index is 1.86. The van der Waals surface area contributed by atoms with Crippen LogP contribution in [-0.4, -0.2) is 56.5 Å². The zero-order valence-electron chi connectivity index (χ0n) is 15.1. The summed E-state index contributed by atoms with van der Waals surface area (Å²) in [5.74, 6) is 0.742. The summed E-state index contributed by atoms with van der Waals surface area (Å²) >= 11 is 0. The molecule has 0 spiro atoms. The van der Waals surface area contributed by atoms with Crippen LogP contribution in [0.2, 0.25) is 0 Å². The first-order valence-electron chi connectivity index (χ1n) is 10.1. The van der Waals surface area contributed by atoms with Gasteiger partial charge < -0.3 is 10.1 Å². The van der Waals surface area contributed by atoms with Gasteiger partial charge in [-0.2, -0.15) is 0 Å². The van der Waals surface area contributed by atoms with Gasteiger partial charge in [0.1, 0.15) is 5.66 Å². The molecule has 0 amide bonds. The first kappa shape index (κ1) is 17.7. The topological polar surface area (TPSA) is 36.5 Å². The molecule has 3 fully saturated rings. The summed E-state index contributed by atoms with van der Waals surface area (Å²) in [6.07, 6.45) is 13.9. The van der Waals surface area contributed by atoms with Crippen LogP contribution in [0.25, 0.3) is 0 Å². The molecule has 134 valence electrons. The second kappa shape index (κ2) is 8.80. The van der Waals surface area contributed by atoms with Crippen molar-refractivity contribution in [1.29, 1.82) is 0 Å². The van der Waals surface area contributed by atoms with E-state index in [0.29, 0.717) is 6.10 Å². The molecule has 0 aromatic rings. The van der Waals surface area contributed by atoms with Crippen molar-refractivity contribution in [3.8, 4) is 0 Å². The fraction of sp³-hybridized carbons (Fsp3) is 1.00. The largest absolute Gasteiger partial charge is 0.378 e. The number of rotatable bonds is 3. The van der Waals surface area contributed by atoms with Gasteiger partial charge in [0.15, 0.2) is 0 Å². The third-order valence-corrected chi connectivity index (χ3v) is 6.42. The molecule has 2 N–H and O–H groups in total. The van der Waals surface area contributed by atoms with Gasteiger partial charge in [0.2, 0.25) is 0 Å². The average molecular weight is 324 g/mol. The van der Waals surface area contributed by atoms with Gasteiger partial charge in [-0.3, -0.25) is 10.2 Å². The van der Waals surface area contributed by atoms with E-state index in [4.69, 9.17) is 4.74 Å². The van der Waals surface area contributed by atoms with Crippen LogP contribution in [0.15, 0.2) is 0 Å². The van der Waals surface area contributed by atoms with Crippen molar-refractivity contribution in [3.63, 3.8) is 0 Å². The van der Waals surface area contributed by atoms with Crippen LogP contribution in [-0.2, 0) is 4.74 Å².